The Morgan fingerprint density at radius 2 is 1.87 bits per heavy atom. The van der Waals surface area contributed by atoms with Crippen LogP contribution in [0.5, 0.6) is 0 Å². The number of hydrogen-bond donors (Lipinski definition) is 1. The largest absolute Gasteiger partial charge is 0.350 e. The lowest BCUT2D eigenvalue weighted by atomic mass is 10.0. The Bertz CT molecular complexity index is 976. The Balaban J connectivity index is 1.76. The summed E-state index contributed by atoms with van der Waals surface area (Å²) in [6.07, 6.45) is 2.69. The molecule has 3 aromatic rings. The first-order valence-corrected chi connectivity index (χ1v) is 10.9. The predicted molar refractivity (Wildman–Crippen MR) is 122 cm³/mol. The van der Waals surface area contributed by atoms with Gasteiger partial charge in [-0.1, -0.05) is 44.2 Å². The second kappa shape index (κ2) is 9.85. The van der Waals surface area contributed by atoms with Gasteiger partial charge in [0.05, 0.1) is 17.5 Å². The van der Waals surface area contributed by atoms with Crippen molar-refractivity contribution in [3.63, 3.8) is 0 Å². The second-order valence-corrected chi connectivity index (χ2v) is 7.99. The van der Waals surface area contributed by atoms with Crippen molar-refractivity contribution < 1.29 is 4.79 Å². The van der Waals surface area contributed by atoms with Gasteiger partial charge in [0.2, 0.25) is 0 Å². The summed E-state index contributed by atoms with van der Waals surface area (Å²) >= 11 is 0. The zero-order valence-corrected chi connectivity index (χ0v) is 18.7. The predicted octanol–water partition coefficient (Wildman–Crippen LogP) is 4.00. The van der Waals surface area contributed by atoms with Gasteiger partial charge in [0.25, 0.3) is 5.91 Å². The summed E-state index contributed by atoms with van der Waals surface area (Å²) in [5.74, 6) is -0.0792. The fraction of sp³-hybridized carbons (Fsp3) is 0.458. The molecule has 1 amide bonds. The molecule has 30 heavy (non-hydrogen) atoms. The fourth-order valence-corrected chi connectivity index (χ4v) is 3.94. The number of likely N-dealkylation sites (N-methyl/N-ethyl adjacent to an activating group) is 1. The average Bonchev–Trinajstić information content (AvgIpc) is 3.15. The quantitative estimate of drug-likeness (QED) is 0.582. The van der Waals surface area contributed by atoms with Crippen molar-refractivity contribution in [2.45, 2.75) is 53.1 Å². The molecule has 1 aromatic carbocycles. The minimum atomic E-state index is -0.0792. The van der Waals surface area contributed by atoms with Crippen LogP contribution in [0.3, 0.4) is 0 Å². The van der Waals surface area contributed by atoms with Crippen LogP contribution in [-0.2, 0) is 6.42 Å². The summed E-state index contributed by atoms with van der Waals surface area (Å²) in [6.45, 7) is 12.9. The molecule has 1 N–H and O–H groups in total. The van der Waals surface area contributed by atoms with Crippen LogP contribution in [0.4, 0.5) is 0 Å². The summed E-state index contributed by atoms with van der Waals surface area (Å²) in [5.41, 5.74) is 3.45. The lowest BCUT2D eigenvalue weighted by Crippen LogP contribution is -2.45. The van der Waals surface area contributed by atoms with Crippen molar-refractivity contribution in [3.8, 4) is 0 Å². The van der Waals surface area contributed by atoms with E-state index in [2.05, 4.69) is 72.3 Å². The summed E-state index contributed by atoms with van der Waals surface area (Å²) in [6, 6.07) is 12.8. The maximum Gasteiger partial charge on any atom is 0.253 e. The monoisotopic (exact) mass is 407 g/mol. The number of aryl methyl sites for hydroxylation is 1. The van der Waals surface area contributed by atoms with Crippen LogP contribution in [0, 0.1) is 6.92 Å². The molecule has 0 aliphatic rings. The Morgan fingerprint density at radius 3 is 2.50 bits per heavy atom. The third-order valence-corrected chi connectivity index (χ3v) is 5.63. The number of nitrogens with one attached hydrogen (secondary N) is 1. The molecule has 0 fully saturated rings. The molecule has 1 atom stereocenters. The Labute approximate surface area is 179 Å². The number of rotatable bonds is 9. The standard InChI is InChI=1S/C24H33N5O/c1-6-28(7-2)21(13-19-11-9-8-10-12-19)16-25-24(30)22-14-20-15-26-29(17(3)4)23(20)27-18(22)5/h8-12,14-15,17,21H,6-7,13,16H2,1-5H3,(H,25,30). The van der Waals surface area contributed by atoms with Gasteiger partial charge in [-0.05, 0) is 51.9 Å². The van der Waals surface area contributed by atoms with Crippen LogP contribution in [0.2, 0.25) is 0 Å². The lowest BCUT2D eigenvalue weighted by Gasteiger charge is -2.30. The highest BCUT2D eigenvalue weighted by molar-refractivity contribution is 5.98. The highest BCUT2D eigenvalue weighted by Gasteiger charge is 2.20. The highest BCUT2D eigenvalue weighted by Crippen LogP contribution is 2.19. The van der Waals surface area contributed by atoms with E-state index in [1.165, 1.54) is 5.56 Å². The Kier molecular flexibility index (Phi) is 7.21. The molecule has 0 radical (unpaired) electrons. The molecule has 2 aromatic heterocycles. The van der Waals surface area contributed by atoms with Gasteiger partial charge in [-0.3, -0.25) is 9.69 Å². The number of aromatic nitrogens is 3. The van der Waals surface area contributed by atoms with E-state index in [9.17, 15) is 4.79 Å². The van der Waals surface area contributed by atoms with Crippen molar-refractivity contribution in [1.82, 2.24) is 25.0 Å². The molecule has 0 aliphatic heterocycles. The van der Waals surface area contributed by atoms with Crippen molar-refractivity contribution in [3.05, 3.63) is 59.4 Å². The first kappa shape index (κ1) is 22.0. The third kappa shape index (κ3) is 4.87. The van der Waals surface area contributed by atoms with Gasteiger partial charge in [-0.25, -0.2) is 9.67 Å². The molecule has 0 bridgehead atoms. The second-order valence-electron chi connectivity index (χ2n) is 7.99. The highest BCUT2D eigenvalue weighted by atomic mass is 16.1. The van der Waals surface area contributed by atoms with Crippen LogP contribution in [0.25, 0.3) is 11.0 Å². The van der Waals surface area contributed by atoms with Crippen molar-refractivity contribution in [2.75, 3.05) is 19.6 Å². The number of amides is 1. The maximum absolute atomic E-state index is 13.0. The number of nitrogens with zero attached hydrogens (tertiary/aromatic N) is 4. The van der Waals surface area contributed by atoms with E-state index in [-0.39, 0.29) is 18.0 Å². The number of pyridine rings is 1. The van der Waals surface area contributed by atoms with Gasteiger partial charge >= 0.3 is 0 Å². The van der Waals surface area contributed by atoms with Crippen molar-refractivity contribution in [2.24, 2.45) is 0 Å². The minimum absolute atomic E-state index is 0.0792. The van der Waals surface area contributed by atoms with Crippen LogP contribution >= 0.6 is 0 Å². The van der Waals surface area contributed by atoms with Crippen LogP contribution in [0.15, 0.2) is 42.6 Å². The third-order valence-electron chi connectivity index (χ3n) is 5.63. The normalized spacial score (nSPS) is 12.6. The Hall–Kier alpha value is -2.73. The van der Waals surface area contributed by atoms with Gasteiger partial charge in [0.1, 0.15) is 0 Å². The van der Waals surface area contributed by atoms with E-state index >= 15 is 0 Å². The maximum atomic E-state index is 13.0. The lowest BCUT2D eigenvalue weighted by molar-refractivity contribution is 0.0934. The van der Waals surface area contributed by atoms with Gasteiger partial charge in [-0.15, -0.1) is 0 Å². The molecule has 6 nitrogen and oxygen atoms in total. The van der Waals surface area contributed by atoms with Gasteiger partial charge < -0.3 is 5.32 Å². The van der Waals surface area contributed by atoms with E-state index in [1.54, 1.807) is 6.20 Å². The zero-order valence-electron chi connectivity index (χ0n) is 18.7. The number of hydrogen-bond acceptors (Lipinski definition) is 4. The SMILES string of the molecule is CCN(CC)C(CNC(=O)c1cc2cnn(C(C)C)c2nc1C)Cc1ccccc1. The van der Waals surface area contributed by atoms with Gasteiger partial charge in [-0.2, -0.15) is 5.10 Å². The average molecular weight is 408 g/mol. The summed E-state index contributed by atoms with van der Waals surface area (Å²) in [7, 11) is 0. The van der Waals surface area contributed by atoms with Crippen LogP contribution < -0.4 is 5.32 Å². The molecule has 6 heteroatoms. The number of benzene rings is 1. The molecule has 0 saturated carbocycles. The molecule has 0 saturated heterocycles. The molecule has 1 unspecified atom stereocenters. The number of carbonyl (C=O) groups excluding carboxylic acids is 1. The van der Waals surface area contributed by atoms with E-state index in [0.29, 0.717) is 12.1 Å². The smallest absolute Gasteiger partial charge is 0.253 e. The molecule has 160 valence electrons. The van der Waals surface area contributed by atoms with E-state index in [4.69, 9.17) is 0 Å². The summed E-state index contributed by atoms with van der Waals surface area (Å²) in [5, 5.41) is 8.47. The minimum Gasteiger partial charge on any atom is -0.350 e. The molecular formula is C24H33N5O. The van der Waals surface area contributed by atoms with Gasteiger partial charge in [0, 0.05) is 24.0 Å². The summed E-state index contributed by atoms with van der Waals surface area (Å²) < 4.78 is 1.89. The molecule has 2 heterocycles. The van der Waals surface area contributed by atoms with Crippen LogP contribution in [0.1, 0.15) is 55.4 Å². The topological polar surface area (TPSA) is 63.1 Å². The molecule has 0 aliphatic carbocycles. The van der Waals surface area contributed by atoms with Crippen molar-refractivity contribution in [1.29, 1.82) is 0 Å². The number of fused-ring (bicyclic) bond motifs is 1. The van der Waals surface area contributed by atoms with E-state index in [0.717, 1.165) is 36.2 Å². The molecule has 3 rings (SSSR count). The van der Waals surface area contributed by atoms with E-state index in [1.807, 2.05) is 23.7 Å². The van der Waals surface area contributed by atoms with E-state index < -0.39 is 0 Å². The first-order chi connectivity index (χ1) is 14.4. The summed E-state index contributed by atoms with van der Waals surface area (Å²) in [4.78, 5) is 20.1. The van der Waals surface area contributed by atoms with Gasteiger partial charge in [0.15, 0.2) is 5.65 Å². The number of carbonyl (C=O) groups is 1. The van der Waals surface area contributed by atoms with Crippen LogP contribution in [-0.4, -0.2) is 51.2 Å². The zero-order chi connectivity index (χ0) is 21.7. The Morgan fingerprint density at radius 1 is 1.17 bits per heavy atom. The fourth-order valence-electron chi connectivity index (χ4n) is 3.94. The van der Waals surface area contributed by atoms with Crippen molar-refractivity contribution >= 4 is 16.9 Å². The molecule has 0 spiro atoms. The first-order valence-electron chi connectivity index (χ1n) is 10.9. The molecular weight excluding hydrogens is 374 g/mol.